The molecule has 4 heterocycles. The van der Waals surface area contributed by atoms with E-state index >= 15 is 0 Å². The molecular weight excluding hydrogens is 837 g/mol. The third kappa shape index (κ3) is 11.7. The van der Waals surface area contributed by atoms with Gasteiger partial charge in [-0.25, -0.2) is 9.97 Å². The van der Waals surface area contributed by atoms with E-state index in [9.17, 15) is 0 Å². The molecule has 0 radical (unpaired) electrons. The number of aromatic nitrogens is 4. The molecular formula is C58H68N10. The van der Waals surface area contributed by atoms with Gasteiger partial charge in [0.05, 0.1) is 46.4 Å². The van der Waals surface area contributed by atoms with E-state index in [2.05, 4.69) is 163 Å². The van der Waals surface area contributed by atoms with Gasteiger partial charge < -0.3 is 32.9 Å². The van der Waals surface area contributed by atoms with E-state index in [-0.39, 0.29) is 45.8 Å². The fraction of sp³-hybridized carbons (Fsp3) is 0.379. The van der Waals surface area contributed by atoms with E-state index in [1.807, 2.05) is 60.8 Å². The molecule has 2 aromatic heterocycles. The van der Waals surface area contributed by atoms with Crippen molar-refractivity contribution in [2.45, 2.75) is 120 Å². The molecule has 350 valence electrons. The highest BCUT2D eigenvalue weighted by Gasteiger charge is 2.31. The standard InChI is InChI=1S/C29H35N5.C29H33N5/c1-28(2,3)25(30)23-16-21-15-19(11-14-22(21)33-23)8-7-18-9-12-20(13-10-18)24-17-32-27(34-24)26(31)29(4,5)6;1-28(2,3)25(30)24-17-20-15-18(11-13-21(20)32-24)9-7-8-10-19-12-14-22-23(16-19)34-27(33-22)26(31)29(4,5)6/h9-15,17,25-26H,16,30-31H2,1-6H3,(H,32,34);11-16,25-26H,17,30-31H2,1-6H3,(H,33,34)/t2*25-,26-/m11/s1. The first-order chi connectivity index (χ1) is 31.8. The summed E-state index contributed by atoms with van der Waals surface area (Å²) in [5.74, 6) is 20.4. The fourth-order valence-corrected chi connectivity index (χ4v) is 7.77. The maximum Gasteiger partial charge on any atom is 0.124 e. The summed E-state index contributed by atoms with van der Waals surface area (Å²) < 4.78 is 0. The van der Waals surface area contributed by atoms with Gasteiger partial charge in [0.15, 0.2) is 0 Å². The van der Waals surface area contributed by atoms with Gasteiger partial charge in [-0.2, -0.15) is 0 Å². The molecule has 0 fully saturated rings. The van der Waals surface area contributed by atoms with Gasteiger partial charge in [-0.3, -0.25) is 9.98 Å². The van der Waals surface area contributed by atoms with Gasteiger partial charge in [0, 0.05) is 58.6 Å². The Morgan fingerprint density at radius 1 is 0.485 bits per heavy atom. The van der Waals surface area contributed by atoms with Gasteiger partial charge >= 0.3 is 0 Å². The maximum absolute atomic E-state index is 6.43. The van der Waals surface area contributed by atoms with Crippen LogP contribution in [-0.4, -0.2) is 43.4 Å². The zero-order valence-electron chi connectivity index (χ0n) is 41.9. The first kappa shape index (κ1) is 49.3. The summed E-state index contributed by atoms with van der Waals surface area (Å²) in [4.78, 5) is 25.4. The lowest BCUT2D eigenvalue weighted by molar-refractivity contribution is 0.317. The third-order valence-electron chi connectivity index (χ3n) is 12.6. The SMILES string of the molecule is CC(C)(C)[C@H](N)C1=Nc2ccc(C#CC#Cc3ccc4nc([C@@H](N)C(C)(C)C)[nH]c4c3)cc2C1.CC(C)(C)[C@H](N)C1=Nc2ccc(C#Cc3ccc(-c4cnc([C@@H](N)C(C)(C)C)[nH]4)cc3)cc2C1. The number of H-pyrrole nitrogens is 2. The molecule has 10 nitrogen and oxygen atoms in total. The molecule has 0 aliphatic carbocycles. The summed E-state index contributed by atoms with van der Waals surface area (Å²) in [5, 5.41) is 0. The smallest absolute Gasteiger partial charge is 0.124 e. The highest BCUT2D eigenvalue weighted by Crippen LogP contribution is 2.34. The second kappa shape index (κ2) is 19.2. The number of aromatic amines is 2. The number of benzene rings is 4. The van der Waals surface area contributed by atoms with Crippen molar-refractivity contribution in [3.63, 3.8) is 0 Å². The summed E-state index contributed by atoms with van der Waals surface area (Å²) in [6.45, 7) is 25.5. The van der Waals surface area contributed by atoms with Gasteiger partial charge in [0.25, 0.3) is 0 Å². The molecule has 4 aromatic carbocycles. The van der Waals surface area contributed by atoms with E-state index in [0.717, 1.165) is 91.8 Å². The Bertz CT molecular complexity index is 3080. The Labute approximate surface area is 403 Å². The van der Waals surface area contributed by atoms with Crippen LogP contribution < -0.4 is 22.9 Å². The lowest BCUT2D eigenvalue weighted by atomic mass is 9.83. The van der Waals surface area contributed by atoms with E-state index in [0.29, 0.717) is 0 Å². The molecule has 10 heteroatoms. The zero-order valence-corrected chi connectivity index (χ0v) is 41.9. The molecule has 0 unspecified atom stereocenters. The van der Waals surface area contributed by atoms with Gasteiger partial charge in [0.1, 0.15) is 11.6 Å². The van der Waals surface area contributed by atoms with Gasteiger partial charge in [-0.15, -0.1) is 0 Å². The molecule has 0 saturated heterocycles. The van der Waals surface area contributed by atoms with Crippen LogP contribution in [0.1, 0.15) is 140 Å². The number of nitrogens with two attached hydrogens (primary N) is 4. The first-order valence-electron chi connectivity index (χ1n) is 23.5. The molecule has 4 atom stereocenters. The number of fused-ring (bicyclic) bond motifs is 3. The predicted molar refractivity (Wildman–Crippen MR) is 282 cm³/mol. The number of nitrogens with zero attached hydrogens (tertiary/aromatic N) is 4. The summed E-state index contributed by atoms with van der Waals surface area (Å²) in [7, 11) is 0. The van der Waals surface area contributed by atoms with Crippen molar-refractivity contribution in [2.24, 2.45) is 54.6 Å². The monoisotopic (exact) mass is 905 g/mol. The number of hydrogen-bond donors (Lipinski definition) is 6. The second-order valence-electron chi connectivity index (χ2n) is 22.5. The van der Waals surface area contributed by atoms with E-state index < -0.39 is 0 Å². The lowest BCUT2D eigenvalue weighted by Gasteiger charge is -2.27. The largest absolute Gasteiger partial charge is 0.341 e. The summed E-state index contributed by atoms with van der Waals surface area (Å²) in [6, 6.07) is 25.9. The number of nitrogens with one attached hydrogen (secondary N) is 2. The van der Waals surface area contributed by atoms with Crippen molar-refractivity contribution < 1.29 is 0 Å². The highest BCUT2D eigenvalue weighted by atomic mass is 15.0. The number of imidazole rings is 2. The van der Waals surface area contributed by atoms with Crippen molar-refractivity contribution in [1.82, 2.24) is 19.9 Å². The number of rotatable bonds is 5. The summed E-state index contributed by atoms with van der Waals surface area (Å²) >= 11 is 0. The Hall–Kier alpha value is -6.58. The van der Waals surface area contributed by atoms with Crippen molar-refractivity contribution in [2.75, 3.05) is 0 Å². The topological polar surface area (TPSA) is 186 Å². The van der Waals surface area contributed by atoms with Gasteiger partial charge in [0.2, 0.25) is 0 Å². The van der Waals surface area contributed by atoms with Crippen LogP contribution >= 0.6 is 0 Å². The number of hydrogen-bond acceptors (Lipinski definition) is 8. The summed E-state index contributed by atoms with van der Waals surface area (Å²) in [6.07, 6.45) is 3.41. The Morgan fingerprint density at radius 3 is 1.44 bits per heavy atom. The molecule has 0 amide bonds. The quantitative estimate of drug-likeness (QED) is 0.0935. The van der Waals surface area contributed by atoms with Crippen LogP contribution in [0.2, 0.25) is 0 Å². The van der Waals surface area contributed by atoms with Crippen molar-refractivity contribution in [3.05, 3.63) is 130 Å². The average Bonchev–Trinajstić information content (AvgIpc) is 4.10. The van der Waals surface area contributed by atoms with Crippen LogP contribution in [0.5, 0.6) is 0 Å². The van der Waals surface area contributed by atoms with E-state index in [1.54, 1.807) is 0 Å². The summed E-state index contributed by atoms with van der Waals surface area (Å²) in [5.41, 5.74) is 39.4. The average molecular weight is 905 g/mol. The fourth-order valence-electron chi connectivity index (χ4n) is 7.77. The first-order valence-corrected chi connectivity index (χ1v) is 23.5. The van der Waals surface area contributed by atoms with Crippen molar-refractivity contribution >= 4 is 33.8 Å². The molecule has 68 heavy (non-hydrogen) atoms. The van der Waals surface area contributed by atoms with Crippen molar-refractivity contribution in [1.29, 1.82) is 0 Å². The minimum absolute atomic E-state index is 0.00789. The molecule has 6 aromatic rings. The molecule has 2 aliphatic rings. The van der Waals surface area contributed by atoms with E-state index in [4.69, 9.17) is 32.9 Å². The maximum atomic E-state index is 6.43. The zero-order chi connectivity index (χ0) is 49.3. The third-order valence-corrected chi connectivity index (χ3v) is 12.6. The van der Waals surface area contributed by atoms with Crippen molar-refractivity contribution in [3.8, 4) is 46.8 Å². The minimum atomic E-state index is -0.168. The minimum Gasteiger partial charge on any atom is -0.341 e. The van der Waals surface area contributed by atoms with Crippen LogP contribution in [0.25, 0.3) is 22.3 Å². The second-order valence-corrected chi connectivity index (χ2v) is 22.5. The van der Waals surface area contributed by atoms with Gasteiger partial charge in [-0.05, 0) is 117 Å². The molecule has 0 saturated carbocycles. The predicted octanol–water partition coefficient (Wildman–Crippen LogP) is 10.5. The Kier molecular flexibility index (Phi) is 13.9. The normalized spacial score (nSPS) is 15.1. The van der Waals surface area contributed by atoms with E-state index in [1.165, 1.54) is 11.1 Å². The van der Waals surface area contributed by atoms with Crippen LogP contribution in [-0.2, 0) is 12.8 Å². The van der Waals surface area contributed by atoms with Crippen LogP contribution in [0.3, 0.4) is 0 Å². The lowest BCUT2D eigenvalue weighted by Crippen LogP contribution is -2.42. The Balaban J connectivity index is 0.000000201. The van der Waals surface area contributed by atoms with Crippen LogP contribution in [0, 0.1) is 57.2 Å². The number of aliphatic imine (C=N–C) groups is 2. The Morgan fingerprint density at radius 2 is 0.926 bits per heavy atom. The molecule has 2 aliphatic heterocycles. The highest BCUT2D eigenvalue weighted by molar-refractivity contribution is 5.99. The molecule has 0 bridgehead atoms. The molecule has 0 spiro atoms. The van der Waals surface area contributed by atoms with Gasteiger partial charge in [-0.1, -0.05) is 119 Å². The molecule has 8 rings (SSSR count). The van der Waals surface area contributed by atoms with Crippen LogP contribution in [0.15, 0.2) is 95.0 Å². The van der Waals surface area contributed by atoms with Crippen LogP contribution in [0.4, 0.5) is 11.4 Å². The molecule has 10 N–H and O–H groups in total.